The van der Waals surface area contributed by atoms with Gasteiger partial charge in [-0.2, -0.15) is 0 Å². The van der Waals surface area contributed by atoms with Gasteiger partial charge in [0.05, 0.1) is 4.34 Å². The average Bonchev–Trinajstić information content (AvgIpc) is 2.48. The molecule has 0 saturated carbocycles. The molecule has 0 fully saturated rings. The summed E-state index contributed by atoms with van der Waals surface area (Å²) < 4.78 is 0.920. The highest BCUT2D eigenvalue weighted by Crippen LogP contribution is 2.34. The predicted molar refractivity (Wildman–Crippen MR) is 65.3 cm³/mol. The van der Waals surface area contributed by atoms with E-state index in [-0.39, 0.29) is 0 Å². The standard InChI is InChI=1S/C11H18ClNS/c1-5-7(2)10(13-4)9-6-8(3)11(12)14-9/h6-7,10,13H,5H2,1-4H3. The van der Waals surface area contributed by atoms with Crippen molar-refractivity contribution in [2.45, 2.75) is 33.2 Å². The molecule has 0 aromatic carbocycles. The molecule has 3 heteroatoms. The number of nitrogens with one attached hydrogen (secondary N) is 1. The van der Waals surface area contributed by atoms with E-state index in [4.69, 9.17) is 11.6 Å². The number of halogens is 1. The second-order valence-electron chi connectivity index (χ2n) is 3.76. The molecule has 0 saturated heterocycles. The third kappa shape index (κ3) is 2.50. The van der Waals surface area contributed by atoms with Crippen LogP contribution < -0.4 is 5.32 Å². The lowest BCUT2D eigenvalue weighted by Gasteiger charge is -2.20. The molecule has 0 aliphatic rings. The molecule has 80 valence electrons. The highest BCUT2D eigenvalue weighted by atomic mass is 35.5. The van der Waals surface area contributed by atoms with Crippen LogP contribution in [0.25, 0.3) is 0 Å². The van der Waals surface area contributed by atoms with Gasteiger partial charge in [0.1, 0.15) is 0 Å². The highest BCUT2D eigenvalue weighted by Gasteiger charge is 2.18. The van der Waals surface area contributed by atoms with Gasteiger partial charge in [0.15, 0.2) is 0 Å². The minimum absolute atomic E-state index is 0.441. The summed E-state index contributed by atoms with van der Waals surface area (Å²) >= 11 is 7.76. The van der Waals surface area contributed by atoms with Gasteiger partial charge in [0.25, 0.3) is 0 Å². The Hall–Kier alpha value is -0.0500. The molecule has 2 unspecified atom stereocenters. The van der Waals surface area contributed by atoms with Crippen molar-refractivity contribution in [2.75, 3.05) is 7.05 Å². The van der Waals surface area contributed by atoms with E-state index in [1.165, 1.54) is 16.9 Å². The Morgan fingerprint density at radius 2 is 2.21 bits per heavy atom. The van der Waals surface area contributed by atoms with Gasteiger partial charge in [-0.05, 0) is 31.5 Å². The Labute approximate surface area is 95.5 Å². The van der Waals surface area contributed by atoms with Crippen LogP contribution in [0.4, 0.5) is 0 Å². The van der Waals surface area contributed by atoms with Crippen molar-refractivity contribution in [3.63, 3.8) is 0 Å². The number of hydrogen-bond donors (Lipinski definition) is 1. The Morgan fingerprint density at radius 3 is 2.57 bits per heavy atom. The van der Waals surface area contributed by atoms with Crippen LogP contribution in [-0.2, 0) is 0 Å². The van der Waals surface area contributed by atoms with E-state index in [2.05, 4.69) is 32.2 Å². The monoisotopic (exact) mass is 231 g/mol. The van der Waals surface area contributed by atoms with Gasteiger partial charge in [0, 0.05) is 10.9 Å². The maximum atomic E-state index is 6.07. The van der Waals surface area contributed by atoms with E-state index >= 15 is 0 Å². The lowest BCUT2D eigenvalue weighted by atomic mass is 9.98. The molecule has 1 aromatic heterocycles. The van der Waals surface area contributed by atoms with E-state index in [1.807, 2.05) is 7.05 Å². The Kier molecular flexibility index (Phi) is 4.42. The summed E-state index contributed by atoms with van der Waals surface area (Å²) in [6, 6.07) is 2.64. The second-order valence-corrected chi connectivity index (χ2v) is 5.44. The van der Waals surface area contributed by atoms with Gasteiger partial charge in [-0.15, -0.1) is 11.3 Å². The van der Waals surface area contributed by atoms with Crippen molar-refractivity contribution in [3.8, 4) is 0 Å². The highest BCUT2D eigenvalue weighted by molar-refractivity contribution is 7.16. The maximum Gasteiger partial charge on any atom is 0.0960 e. The van der Waals surface area contributed by atoms with Gasteiger partial charge in [0.2, 0.25) is 0 Å². The topological polar surface area (TPSA) is 12.0 Å². The third-order valence-corrected chi connectivity index (χ3v) is 4.34. The summed E-state index contributed by atoms with van der Waals surface area (Å²) in [5.74, 6) is 0.647. The first-order chi connectivity index (χ1) is 6.60. The minimum Gasteiger partial charge on any atom is -0.312 e. The molecule has 0 bridgehead atoms. The van der Waals surface area contributed by atoms with Gasteiger partial charge in [-0.3, -0.25) is 0 Å². The summed E-state index contributed by atoms with van der Waals surface area (Å²) in [6.07, 6.45) is 1.18. The van der Waals surface area contributed by atoms with E-state index in [9.17, 15) is 0 Å². The predicted octanol–water partition coefficient (Wildman–Crippen LogP) is 4.02. The molecule has 1 N–H and O–H groups in total. The number of rotatable bonds is 4. The molecule has 2 atom stereocenters. The van der Waals surface area contributed by atoms with E-state index in [1.54, 1.807) is 11.3 Å². The van der Waals surface area contributed by atoms with Crippen LogP contribution in [0.2, 0.25) is 4.34 Å². The summed E-state index contributed by atoms with van der Waals surface area (Å²) in [4.78, 5) is 1.35. The SMILES string of the molecule is CCC(C)C(NC)c1cc(C)c(Cl)s1. The van der Waals surface area contributed by atoms with E-state index in [0.29, 0.717) is 12.0 Å². The quantitative estimate of drug-likeness (QED) is 0.826. The van der Waals surface area contributed by atoms with Crippen molar-refractivity contribution in [1.82, 2.24) is 5.32 Å². The summed E-state index contributed by atoms with van der Waals surface area (Å²) in [5.41, 5.74) is 1.19. The van der Waals surface area contributed by atoms with Crippen molar-refractivity contribution in [1.29, 1.82) is 0 Å². The Morgan fingerprint density at radius 1 is 1.57 bits per heavy atom. The van der Waals surface area contributed by atoms with Crippen LogP contribution in [-0.4, -0.2) is 7.05 Å². The summed E-state index contributed by atoms with van der Waals surface area (Å²) in [6.45, 7) is 6.55. The average molecular weight is 232 g/mol. The molecule has 0 spiro atoms. The molecule has 1 nitrogen and oxygen atoms in total. The maximum absolute atomic E-state index is 6.07. The zero-order valence-corrected chi connectivity index (χ0v) is 10.8. The van der Waals surface area contributed by atoms with Crippen LogP contribution >= 0.6 is 22.9 Å². The van der Waals surface area contributed by atoms with Crippen LogP contribution in [0.3, 0.4) is 0 Å². The molecular weight excluding hydrogens is 214 g/mol. The fourth-order valence-corrected chi connectivity index (χ4v) is 3.04. The normalized spacial score (nSPS) is 15.5. The van der Waals surface area contributed by atoms with Crippen LogP contribution in [0.15, 0.2) is 6.07 Å². The van der Waals surface area contributed by atoms with Crippen molar-refractivity contribution in [3.05, 3.63) is 20.8 Å². The smallest absolute Gasteiger partial charge is 0.0960 e. The van der Waals surface area contributed by atoms with Crippen LogP contribution in [0.5, 0.6) is 0 Å². The summed E-state index contributed by atoms with van der Waals surface area (Å²) in [5, 5.41) is 3.36. The van der Waals surface area contributed by atoms with E-state index in [0.717, 1.165) is 4.34 Å². The lowest BCUT2D eigenvalue weighted by molar-refractivity contribution is 0.406. The fourth-order valence-electron chi connectivity index (χ4n) is 1.58. The first-order valence-electron chi connectivity index (χ1n) is 5.03. The van der Waals surface area contributed by atoms with Gasteiger partial charge in [-0.25, -0.2) is 0 Å². The van der Waals surface area contributed by atoms with Crippen molar-refractivity contribution in [2.24, 2.45) is 5.92 Å². The zero-order valence-electron chi connectivity index (χ0n) is 9.23. The Bertz CT molecular complexity index is 276. The first kappa shape index (κ1) is 12.0. The fraction of sp³-hybridized carbons (Fsp3) is 0.636. The van der Waals surface area contributed by atoms with Gasteiger partial charge in [-0.1, -0.05) is 31.9 Å². The molecule has 1 rings (SSSR count). The molecule has 14 heavy (non-hydrogen) atoms. The minimum atomic E-state index is 0.441. The van der Waals surface area contributed by atoms with Crippen molar-refractivity contribution >= 4 is 22.9 Å². The second kappa shape index (κ2) is 5.15. The molecule has 0 radical (unpaired) electrons. The molecule has 0 amide bonds. The van der Waals surface area contributed by atoms with Crippen LogP contribution in [0.1, 0.15) is 36.8 Å². The first-order valence-corrected chi connectivity index (χ1v) is 6.22. The summed E-state index contributed by atoms with van der Waals surface area (Å²) in [7, 11) is 2.01. The Balaban J connectivity index is 2.89. The lowest BCUT2D eigenvalue weighted by Crippen LogP contribution is -2.21. The van der Waals surface area contributed by atoms with Gasteiger partial charge < -0.3 is 5.32 Å². The number of hydrogen-bond acceptors (Lipinski definition) is 2. The third-order valence-electron chi connectivity index (χ3n) is 2.71. The number of aryl methyl sites for hydroxylation is 1. The molecule has 1 aromatic rings. The molecule has 0 aliphatic heterocycles. The van der Waals surface area contributed by atoms with E-state index < -0.39 is 0 Å². The van der Waals surface area contributed by atoms with Gasteiger partial charge >= 0.3 is 0 Å². The molecule has 1 heterocycles. The number of thiophene rings is 1. The van der Waals surface area contributed by atoms with Crippen LogP contribution in [0, 0.1) is 12.8 Å². The molecule has 0 aliphatic carbocycles. The zero-order chi connectivity index (χ0) is 10.7. The van der Waals surface area contributed by atoms with Crippen molar-refractivity contribution < 1.29 is 0 Å². The molecular formula is C11H18ClNS. The largest absolute Gasteiger partial charge is 0.312 e.